The molecule has 0 radical (unpaired) electrons. The van der Waals surface area contributed by atoms with Crippen LogP contribution in [0.5, 0.6) is 5.75 Å². The molecule has 1 heterocycles. The average molecular weight is 1470 g/mol. The lowest BCUT2D eigenvalue weighted by Crippen LogP contribution is -2.61. The number of aliphatic hydroxyl groups is 4. The number of hydrogen-bond donors (Lipinski definition) is 18. The molecular weight excluding hydrogens is 1370 g/mol. The maximum Gasteiger partial charge on any atom is 0.318 e. The number of carbonyl (C=O) groups excluding carboxylic acids is 9. The minimum atomic E-state index is -2.00. The van der Waals surface area contributed by atoms with Gasteiger partial charge in [-0.1, -0.05) is 90.0 Å². The molecule has 0 saturated carbocycles. The van der Waals surface area contributed by atoms with E-state index in [1.165, 1.54) is 18.2 Å². The van der Waals surface area contributed by atoms with Gasteiger partial charge in [0.2, 0.25) is 53.2 Å². The predicted octanol–water partition coefficient (Wildman–Crippen LogP) is -1.26. The second kappa shape index (κ2) is 41.8. The van der Waals surface area contributed by atoms with Crippen LogP contribution in [0.25, 0.3) is 11.1 Å². The quantitative estimate of drug-likeness (QED) is 0.0123. The Hall–Kier alpha value is -10.4. The molecular formula is C71H98FN15O18. The molecule has 0 aliphatic rings. The van der Waals surface area contributed by atoms with Gasteiger partial charge in [-0.15, -0.1) is 10.2 Å². The van der Waals surface area contributed by atoms with Gasteiger partial charge in [0.25, 0.3) is 0 Å². The number of halogens is 1. The summed E-state index contributed by atoms with van der Waals surface area (Å²) in [7, 11) is 0. The van der Waals surface area contributed by atoms with Crippen LogP contribution in [0, 0.1) is 25.1 Å². The number of rotatable bonds is 45. The normalized spacial score (nSPS) is 14.5. The second-order valence-corrected chi connectivity index (χ2v) is 26.2. The maximum atomic E-state index is 15.2. The summed E-state index contributed by atoms with van der Waals surface area (Å²) in [4.78, 5) is 147. The highest BCUT2D eigenvalue weighted by molar-refractivity contribution is 6.03. The van der Waals surface area contributed by atoms with Crippen molar-refractivity contribution in [3.05, 3.63) is 130 Å². The Morgan fingerprint density at radius 1 is 0.638 bits per heavy atom. The number of ether oxygens (including phenoxy) is 1. The molecule has 0 bridgehead atoms. The van der Waals surface area contributed by atoms with Crippen LogP contribution in [0.4, 0.5) is 4.39 Å². The molecule has 572 valence electrons. The largest absolute Gasteiger partial charge is 0.494 e. The molecule has 0 fully saturated rings. The van der Waals surface area contributed by atoms with Gasteiger partial charge in [0.05, 0.1) is 38.4 Å². The number of aryl methyl sites for hydroxylation is 4. The van der Waals surface area contributed by atoms with E-state index in [1.807, 2.05) is 69.3 Å². The number of tetrazole rings is 1. The number of nitrogens with two attached hydrogens (primary N) is 2. The molecule has 5 rings (SSSR count). The predicted molar refractivity (Wildman–Crippen MR) is 378 cm³/mol. The molecule has 20 N–H and O–H groups in total. The number of aliphatic carboxylic acids is 2. The van der Waals surface area contributed by atoms with Crippen molar-refractivity contribution in [1.82, 2.24) is 68.5 Å². The topological polar surface area (TPSA) is 533 Å². The van der Waals surface area contributed by atoms with Crippen LogP contribution in [-0.4, -0.2) is 209 Å². The first-order chi connectivity index (χ1) is 49.7. The van der Waals surface area contributed by atoms with Gasteiger partial charge in [-0.05, 0) is 157 Å². The fourth-order valence-corrected chi connectivity index (χ4v) is 11.1. The summed E-state index contributed by atoms with van der Waals surface area (Å²) in [5.41, 5.74) is 15.8. The fourth-order valence-electron chi connectivity index (χ4n) is 11.1. The number of carbonyl (C=O) groups is 11. The van der Waals surface area contributed by atoms with Crippen molar-refractivity contribution in [3.8, 4) is 16.9 Å². The zero-order valence-electron chi connectivity index (χ0n) is 59.7. The van der Waals surface area contributed by atoms with E-state index in [-0.39, 0.29) is 37.1 Å². The Balaban J connectivity index is 1.29. The Morgan fingerprint density at radius 3 is 1.86 bits per heavy atom. The Kier molecular flexibility index (Phi) is 33.9. The molecule has 0 saturated heterocycles. The zero-order chi connectivity index (χ0) is 77.7. The van der Waals surface area contributed by atoms with Crippen LogP contribution < -0.4 is 64.1 Å². The van der Waals surface area contributed by atoms with E-state index in [4.69, 9.17) is 16.2 Å². The first kappa shape index (κ1) is 85.3. The smallest absolute Gasteiger partial charge is 0.318 e. The fraction of sp³-hybridized carbons (Fsp3) is 0.493. The van der Waals surface area contributed by atoms with Gasteiger partial charge in [-0.3, -0.25) is 58.1 Å². The summed E-state index contributed by atoms with van der Waals surface area (Å²) in [6.07, 6.45) is -4.41. The zero-order valence-corrected chi connectivity index (χ0v) is 59.7. The first-order valence-electron chi connectivity index (χ1n) is 34.4. The van der Waals surface area contributed by atoms with Crippen molar-refractivity contribution < 1.29 is 92.5 Å². The summed E-state index contributed by atoms with van der Waals surface area (Å²) < 4.78 is 21.1. The molecule has 0 aliphatic heterocycles. The second-order valence-electron chi connectivity index (χ2n) is 26.2. The van der Waals surface area contributed by atoms with Gasteiger partial charge >= 0.3 is 11.9 Å². The highest BCUT2D eigenvalue weighted by Crippen LogP contribution is 2.29. The number of benzene rings is 4. The van der Waals surface area contributed by atoms with Crippen LogP contribution in [0.15, 0.2) is 84.9 Å². The van der Waals surface area contributed by atoms with E-state index in [0.717, 1.165) is 80.0 Å². The van der Waals surface area contributed by atoms with E-state index >= 15 is 4.39 Å². The summed E-state index contributed by atoms with van der Waals surface area (Å²) in [6, 6.07) is 11.3. The third kappa shape index (κ3) is 27.6. The van der Waals surface area contributed by atoms with Crippen molar-refractivity contribution in [2.24, 2.45) is 16.9 Å². The number of H-pyrrole nitrogens is 1. The molecule has 9 amide bonds. The van der Waals surface area contributed by atoms with Gasteiger partial charge in [0.1, 0.15) is 65.5 Å². The number of unbranched alkanes of at least 4 members (excludes halogenated alkanes) is 1. The number of carboxylic acid groups (broad SMARTS) is 2. The first-order valence-corrected chi connectivity index (χ1v) is 34.4. The van der Waals surface area contributed by atoms with Crippen LogP contribution in [0.3, 0.4) is 0 Å². The molecule has 105 heavy (non-hydrogen) atoms. The highest BCUT2D eigenvalue weighted by Gasteiger charge is 2.40. The lowest BCUT2D eigenvalue weighted by Gasteiger charge is -2.28. The van der Waals surface area contributed by atoms with Gasteiger partial charge in [-0.2, -0.15) is 5.21 Å². The monoisotopic (exact) mass is 1470 g/mol. The van der Waals surface area contributed by atoms with Crippen molar-refractivity contribution in [2.75, 3.05) is 26.3 Å². The molecule has 2 unspecified atom stereocenters. The molecule has 1 aromatic heterocycles. The summed E-state index contributed by atoms with van der Waals surface area (Å²) in [5, 5.41) is 97.6. The molecule has 11 atom stereocenters. The van der Waals surface area contributed by atoms with E-state index in [2.05, 4.69) is 68.5 Å². The number of primary amides is 1. The third-order valence-corrected chi connectivity index (χ3v) is 17.1. The lowest BCUT2D eigenvalue weighted by molar-refractivity contribution is -0.154. The van der Waals surface area contributed by atoms with Crippen molar-refractivity contribution in [1.29, 1.82) is 0 Å². The Labute approximate surface area is 606 Å². The summed E-state index contributed by atoms with van der Waals surface area (Å²) >= 11 is 0. The van der Waals surface area contributed by atoms with Gasteiger partial charge in [-0.25, -0.2) is 4.39 Å². The molecule has 0 spiro atoms. The number of aromatic nitrogens is 4. The number of amides is 9. The SMILES string of the molecule is CCc1cc(OCCCCN)ccc1-c1ccc(C[C@H](NC(=O)[C@H](CC(=O)O)NC(=O)[C@H](CO)NC(=O)[C@@H](NC(O)CCC(Cc2ccccc2F)NC(=O)[C@@H](NC(=O)CNC(=O)[C@H](Cc2nn[nH]n2)NC(=O)C(C)(C)C(=O)O)[C@@H](C)O)[C@@H](C)O)C(=O)N[C@@H](CCCc2cc(C)cc(C)c2)C(N)=O)cc1. The molecule has 0 aliphatic carbocycles. The molecule has 34 heteroatoms. The highest BCUT2D eigenvalue weighted by atomic mass is 19.1. The number of carboxylic acids is 2. The van der Waals surface area contributed by atoms with Crippen molar-refractivity contribution >= 4 is 65.1 Å². The number of aliphatic hydroxyl groups excluding tert-OH is 4. The third-order valence-electron chi connectivity index (χ3n) is 17.1. The van der Waals surface area contributed by atoms with E-state index in [0.29, 0.717) is 43.7 Å². The van der Waals surface area contributed by atoms with E-state index in [1.54, 1.807) is 12.1 Å². The molecule has 4 aromatic carbocycles. The van der Waals surface area contributed by atoms with Crippen LogP contribution in [0.1, 0.15) is 119 Å². The van der Waals surface area contributed by atoms with Crippen LogP contribution in [0.2, 0.25) is 0 Å². The van der Waals surface area contributed by atoms with Crippen molar-refractivity contribution in [2.45, 2.75) is 192 Å². The molecule has 33 nitrogen and oxygen atoms in total. The van der Waals surface area contributed by atoms with E-state index in [9.17, 15) is 83.4 Å². The van der Waals surface area contributed by atoms with Gasteiger partial charge < -0.3 is 89.4 Å². The minimum absolute atomic E-state index is 0.0680. The minimum Gasteiger partial charge on any atom is -0.494 e. The Morgan fingerprint density at radius 2 is 1.26 bits per heavy atom. The Bertz CT molecular complexity index is 3750. The summed E-state index contributed by atoms with van der Waals surface area (Å²) in [6.45, 7) is 9.36. The van der Waals surface area contributed by atoms with Crippen LogP contribution >= 0.6 is 0 Å². The molecule has 5 aromatic rings. The number of aromatic amines is 1. The van der Waals surface area contributed by atoms with E-state index < -0.39 is 176 Å². The standard InChI is InChI=1S/C71H98FN15O18/c1-8-44-33-48(105-27-12-11-26-73)23-24-49(44)45-20-18-42(19-21-45)31-52(64(97)77-51(62(74)95)17-13-14-43-29-38(2)28-39(3)30-43)78-65(98)54(35-59(93)94)79-66(99)55(37-88)80-68(101)61(41(5)90)82-57(91)25-22-47(32-46-15-9-10-16-50(46)72)76-67(100)60(40(4)89)83-58(92)36-75-63(96)53(34-56-84-86-87-85-56)81-69(102)71(6,7)70(103)104/h9-10,15-16,18-21,23-24,28-30,33,40-41,47,51-55,57,60-61,82,88-91H,8,11-14,17,22,25-27,31-32,34-37,73H2,1-7H3,(H2,74,95)(H,75,96)(H,76,100)(H,77,97)(H,78,98)(H,79,99)(H,80,101)(H,81,102)(H,83,92)(H,93,94)(H,103,104)(H,84,85,86,87)/t40-,41-,47?,51+,52+,53+,54+,55+,57?,60+,61+/m1/s1. The van der Waals surface area contributed by atoms with Gasteiger partial charge in [0.15, 0.2) is 5.82 Å². The van der Waals surface area contributed by atoms with Gasteiger partial charge in [0, 0.05) is 18.9 Å². The maximum absolute atomic E-state index is 15.2. The van der Waals surface area contributed by atoms with Crippen LogP contribution in [-0.2, 0) is 84.8 Å². The lowest BCUT2D eigenvalue weighted by atomic mass is 9.92. The average Bonchev–Trinajstić information content (AvgIpc) is 1.68. The number of nitrogens with one attached hydrogen (secondary N) is 10. The summed E-state index contributed by atoms with van der Waals surface area (Å²) in [5.74, 6) is -12.9. The number of hydrogen-bond acceptors (Lipinski definition) is 21. The number of nitrogens with zero attached hydrogens (tertiary/aromatic N) is 3. The van der Waals surface area contributed by atoms with Crippen molar-refractivity contribution in [3.63, 3.8) is 0 Å².